The molecule has 1 amide bonds. The van der Waals surface area contributed by atoms with Gasteiger partial charge in [-0.15, -0.1) is 16.4 Å². The summed E-state index contributed by atoms with van der Waals surface area (Å²) >= 11 is 1.48. The number of carbonyl (C=O) groups is 1. The number of hydrogen-bond donors (Lipinski definition) is 1. The van der Waals surface area contributed by atoms with Crippen molar-refractivity contribution in [2.75, 3.05) is 12.4 Å². The van der Waals surface area contributed by atoms with Gasteiger partial charge in [0.05, 0.1) is 18.4 Å². The maximum atomic E-state index is 12.2. The van der Waals surface area contributed by atoms with Crippen molar-refractivity contribution in [1.82, 2.24) is 14.6 Å². The number of nitrogens with zero attached hydrogens (tertiary/aromatic N) is 3. The van der Waals surface area contributed by atoms with Gasteiger partial charge in [0.15, 0.2) is 0 Å². The smallest absolute Gasteiger partial charge is 0.261 e. The lowest BCUT2D eigenvalue weighted by atomic mass is 10.2. The van der Waals surface area contributed by atoms with Crippen LogP contribution in [0.3, 0.4) is 0 Å². The monoisotopic (exact) mass is 288 g/mol. The summed E-state index contributed by atoms with van der Waals surface area (Å²) in [5.74, 6) is 0.511. The second-order valence-corrected chi connectivity index (χ2v) is 5.00. The Morgan fingerprint density at radius 1 is 1.40 bits per heavy atom. The Balaban J connectivity index is 1.88. The van der Waals surface area contributed by atoms with Gasteiger partial charge in [0, 0.05) is 5.38 Å². The number of anilines is 1. The molecule has 0 radical (unpaired) electrons. The van der Waals surface area contributed by atoms with Gasteiger partial charge in [0.2, 0.25) is 4.96 Å². The Bertz CT molecular complexity index is 778. The molecule has 0 unspecified atom stereocenters. The number of nitrogens with one attached hydrogen (secondary N) is 1. The maximum absolute atomic E-state index is 12.2. The van der Waals surface area contributed by atoms with Crippen LogP contribution in [0.5, 0.6) is 5.75 Å². The number of carbonyl (C=O) groups excluding carboxylic acids is 1. The highest BCUT2D eigenvalue weighted by Gasteiger charge is 2.15. The van der Waals surface area contributed by atoms with Gasteiger partial charge < -0.3 is 4.74 Å². The topological polar surface area (TPSA) is 68.5 Å². The molecule has 0 saturated carbocycles. The first-order valence-electron chi connectivity index (χ1n) is 5.94. The number of ether oxygens (including phenoxy) is 1. The molecule has 0 aliphatic carbocycles. The van der Waals surface area contributed by atoms with Crippen LogP contribution in [0.2, 0.25) is 0 Å². The van der Waals surface area contributed by atoms with Crippen molar-refractivity contribution in [1.29, 1.82) is 0 Å². The molecule has 0 spiro atoms. The van der Waals surface area contributed by atoms with E-state index in [1.807, 2.05) is 18.4 Å². The lowest BCUT2D eigenvalue weighted by Crippen LogP contribution is -2.14. The van der Waals surface area contributed by atoms with Crippen LogP contribution in [0.4, 0.5) is 5.95 Å². The molecule has 2 aromatic heterocycles. The minimum Gasteiger partial charge on any atom is -0.496 e. The van der Waals surface area contributed by atoms with Crippen LogP contribution in [0.25, 0.3) is 4.96 Å². The Kier molecular flexibility index (Phi) is 3.11. The number of aromatic nitrogens is 3. The first-order valence-corrected chi connectivity index (χ1v) is 6.82. The molecule has 0 atom stereocenters. The summed E-state index contributed by atoms with van der Waals surface area (Å²) in [6.45, 7) is 1.93. The van der Waals surface area contributed by atoms with Gasteiger partial charge in [0.1, 0.15) is 5.75 Å². The average Bonchev–Trinajstić information content (AvgIpc) is 3.01. The second kappa shape index (κ2) is 4.93. The van der Waals surface area contributed by atoms with E-state index < -0.39 is 0 Å². The fourth-order valence-electron chi connectivity index (χ4n) is 1.85. The molecule has 1 N–H and O–H groups in total. The minimum absolute atomic E-state index is 0.288. The van der Waals surface area contributed by atoms with Crippen LogP contribution in [-0.4, -0.2) is 27.6 Å². The van der Waals surface area contributed by atoms with E-state index >= 15 is 0 Å². The Morgan fingerprint density at radius 3 is 2.95 bits per heavy atom. The van der Waals surface area contributed by atoms with E-state index in [1.165, 1.54) is 18.4 Å². The van der Waals surface area contributed by atoms with E-state index in [4.69, 9.17) is 4.74 Å². The maximum Gasteiger partial charge on any atom is 0.261 e. The molecule has 0 aliphatic rings. The average molecular weight is 288 g/mol. The molecule has 20 heavy (non-hydrogen) atoms. The standard InChI is InChI=1S/C13H12N4O2S/c1-8-7-20-13-15-12(16-17(8)13)14-11(18)9-5-3-4-6-10(9)19-2/h3-7H,1-2H3,(H,14,16,18). The van der Waals surface area contributed by atoms with Gasteiger partial charge in [0.25, 0.3) is 11.9 Å². The number of hydrogen-bond acceptors (Lipinski definition) is 5. The molecule has 6 nitrogen and oxygen atoms in total. The third-order valence-electron chi connectivity index (χ3n) is 2.82. The first-order chi connectivity index (χ1) is 9.69. The number of rotatable bonds is 3. The van der Waals surface area contributed by atoms with Crippen molar-refractivity contribution in [2.45, 2.75) is 6.92 Å². The molecular weight excluding hydrogens is 276 g/mol. The fraction of sp³-hybridized carbons (Fsp3) is 0.154. The van der Waals surface area contributed by atoms with E-state index in [0.717, 1.165) is 10.7 Å². The molecular formula is C13H12N4O2S. The number of methoxy groups -OCH3 is 1. The van der Waals surface area contributed by atoms with Crippen LogP contribution in [0.1, 0.15) is 16.1 Å². The predicted octanol–water partition coefficient (Wildman–Crippen LogP) is 2.36. The molecule has 1 aromatic carbocycles. The third kappa shape index (κ3) is 2.12. The van der Waals surface area contributed by atoms with E-state index in [-0.39, 0.29) is 11.9 Å². The first kappa shape index (κ1) is 12.6. The molecule has 3 rings (SSSR count). The Hall–Kier alpha value is -2.41. The molecule has 7 heteroatoms. The summed E-state index contributed by atoms with van der Waals surface area (Å²) in [4.78, 5) is 17.2. The summed E-state index contributed by atoms with van der Waals surface area (Å²) in [7, 11) is 1.53. The number of benzene rings is 1. The van der Waals surface area contributed by atoms with Crippen molar-refractivity contribution in [2.24, 2.45) is 0 Å². The third-order valence-corrected chi connectivity index (χ3v) is 3.76. The molecule has 0 bridgehead atoms. The van der Waals surface area contributed by atoms with Crippen LogP contribution < -0.4 is 10.1 Å². The molecule has 0 aliphatic heterocycles. The molecule has 102 valence electrons. The fourth-order valence-corrected chi connectivity index (χ4v) is 2.65. The number of para-hydroxylation sites is 1. The van der Waals surface area contributed by atoms with Gasteiger partial charge in [-0.2, -0.15) is 4.98 Å². The molecule has 0 fully saturated rings. The quantitative estimate of drug-likeness (QED) is 0.803. The zero-order chi connectivity index (χ0) is 14.1. The van der Waals surface area contributed by atoms with E-state index in [2.05, 4.69) is 15.4 Å². The van der Waals surface area contributed by atoms with E-state index in [9.17, 15) is 4.79 Å². The molecule has 3 aromatic rings. The summed E-state index contributed by atoms with van der Waals surface area (Å²) in [6.07, 6.45) is 0. The SMILES string of the molecule is COc1ccccc1C(=O)Nc1nc2scc(C)n2n1. The zero-order valence-electron chi connectivity index (χ0n) is 11.0. The number of aryl methyl sites for hydroxylation is 1. The number of fused-ring (bicyclic) bond motifs is 1. The van der Waals surface area contributed by atoms with Gasteiger partial charge in [-0.1, -0.05) is 12.1 Å². The summed E-state index contributed by atoms with van der Waals surface area (Å²) in [5, 5.41) is 8.88. The summed E-state index contributed by atoms with van der Waals surface area (Å²) in [5.41, 5.74) is 1.43. The van der Waals surface area contributed by atoms with E-state index in [0.29, 0.717) is 11.3 Å². The van der Waals surface area contributed by atoms with Gasteiger partial charge in [-0.3, -0.25) is 10.1 Å². The number of thiazole rings is 1. The largest absolute Gasteiger partial charge is 0.496 e. The summed E-state index contributed by atoms with van der Waals surface area (Å²) < 4.78 is 6.86. The molecule has 0 saturated heterocycles. The predicted molar refractivity (Wildman–Crippen MR) is 76.5 cm³/mol. The zero-order valence-corrected chi connectivity index (χ0v) is 11.8. The Morgan fingerprint density at radius 2 is 2.20 bits per heavy atom. The Labute approximate surface area is 119 Å². The van der Waals surface area contributed by atoms with Crippen molar-refractivity contribution in [3.8, 4) is 5.75 Å². The lowest BCUT2D eigenvalue weighted by molar-refractivity contribution is 0.102. The van der Waals surface area contributed by atoms with E-state index in [1.54, 1.807) is 22.7 Å². The second-order valence-electron chi connectivity index (χ2n) is 4.16. The van der Waals surface area contributed by atoms with Gasteiger partial charge in [-0.25, -0.2) is 4.52 Å². The van der Waals surface area contributed by atoms with Crippen LogP contribution >= 0.6 is 11.3 Å². The molecule has 2 heterocycles. The van der Waals surface area contributed by atoms with Gasteiger partial charge >= 0.3 is 0 Å². The highest BCUT2D eigenvalue weighted by Crippen LogP contribution is 2.19. The summed E-state index contributed by atoms with van der Waals surface area (Å²) in [6, 6.07) is 7.01. The number of amides is 1. The lowest BCUT2D eigenvalue weighted by Gasteiger charge is -2.06. The normalized spacial score (nSPS) is 10.7. The van der Waals surface area contributed by atoms with Crippen LogP contribution in [-0.2, 0) is 0 Å². The minimum atomic E-state index is -0.293. The van der Waals surface area contributed by atoms with Crippen LogP contribution in [0, 0.1) is 6.92 Å². The van der Waals surface area contributed by atoms with Crippen molar-refractivity contribution in [3.63, 3.8) is 0 Å². The van der Waals surface area contributed by atoms with Crippen LogP contribution in [0.15, 0.2) is 29.6 Å². The highest BCUT2D eigenvalue weighted by atomic mass is 32.1. The van der Waals surface area contributed by atoms with Gasteiger partial charge in [-0.05, 0) is 19.1 Å². The van der Waals surface area contributed by atoms with Crippen molar-refractivity contribution >= 4 is 28.2 Å². The van der Waals surface area contributed by atoms with Crippen molar-refractivity contribution < 1.29 is 9.53 Å². The van der Waals surface area contributed by atoms with Crippen molar-refractivity contribution in [3.05, 3.63) is 40.9 Å². The highest BCUT2D eigenvalue weighted by molar-refractivity contribution is 7.15.